The fraction of sp³-hybridized carbons (Fsp3) is 0.615. The Hall–Kier alpha value is -1.65. The maximum Gasteiger partial charge on any atom is 0.312 e. The lowest BCUT2D eigenvalue weighted by atomic mass is 9.52. The SMILES string of the molecule is COC(=O)C12CCC1C(=O)C(/C(C)=N/O)=C(C)C2. The molecular formula is C13H17NO4. The highest BCUT2D eigenvalue weighted by Crippen LogP contribution is 2.56. The number of carbonyl (C=O) groups excluding carboxylic acids is 2. The molecule has 0 aromatic carbocycles. The molecular weight excluding hydrogens is 234 g/mol. The normalized spacial score (nSPS) is 31.8. The molecule has 1 fully saturated rings. The van der Waals surface area contributed by atoms with Crippen molar-refractivity contribution in [2.75, 3.05) is 7.11 Å². The third-order valence-electron chi connectivity index (χ3n) is 4.22. The Morgan fingerprint density at radius 1 is 1.56 bits per heavy atom. The molecule has 0 aromatic heterocycles. The van der Waals surface area contributed by atoms with Crippen molar-refractivity contribution >= 4 is 17.5 Å². The molecule has 18 heavy (non-hydrogen) atoms. The Morgan fingerprint density at radius 2 is 2.22 bits per heavy atom. The number of carbonyl (C=O) groups is 2. The van der Waals surface area contributed by atoms with E-state index in [2.05, 4.69) is 5.16 Å². The standard InChI is InChI=1S/C13H17NO4/c1-7-6-13(12(16)18-3)5-4-9(13)11(15)10(7)8(2)14-17/h9,17H,4-6H2,1-3H3/b14-8+. The lowest BCUT2D eigenvalue weighted by Crippen LogP contribution is -2.54. The molecule has 0 bridgehead atoms. The largest absolute Gasteiger partial charge is 0.469 e. The minimum Gasteiger partial charge on any atom is -0.469 e. The summed E-state index contributed by atoms with van der Waals surface area (Å²) in [5.41, 5.74) is 0.927. The fourth-order valence-electron chi connectivity index (χ4n) is 3.23. The summed E-state index contributed by atoms with van der Waals surface area (Å²) in [6.45, 7) is 3.40. The van der Waals surface area contributed by atoms with Crippen LogP contribution in [0.5, 0.6) is 0 Å². The Balaban J connectivity index is 2.44. The van der Waals surface area contributed by atoms with Crippen LogP contribution in [0.15, 0.2) is 16.3 Å². The lowest BCUT2D eigenvalue weighted by Gasteiger charge is -2.49. The summed E-state index contributed by atoms with van der Waals surface area (Å²) in [6, 6.07) is 0. The van der Waals surface area contributed by atoms with E-state index < -0.39 is 5.41 Å². The highest BCUT2D eigenvalue weighted by atomic mass is 16.5. The van der Waals surface area contributed by atoms with Crippen molar-refractivity contribution < 1.29 is 19.5 Å². The van der Waals surface area contributed by atoms with Crippen LogP contribution in [0.1, 0.15) is 33.1 Å². The van der Waals surface area contributed by atoms with Crippen LogP contribution in [0, 0.1) is 11.3 Å². The number of allylic oxidation sites excluding steroid dienone is 2. The molecule has 2 atom stereocenters. The number of nitrogens with zero attached hydrogens (tertiary/aromatic N) is 1. The van der Waals surface area contributed by atoms with Gasteiger partial charge in [0.25, 0.3) is 0 Å². The van der Waals surface area contributed by atoms with Gasteiger partial charge in [-0.3, -0.25) is 9.59 Å². The first-order valence-corrected chi connectivity index (χ1v) is 5.99. The van der Waals surface area contributed by atoms with Crippen molar-refractivity contribution in [2.24, 2.45) is 16.5 Å². The second kappa shape index (κ2) is 4.23. The van der Waals surface area contributed by atoms with Crippen LogP contribution in [0.4, 0.5) is 0 Å². The Bertz CT molecular complexity index is 477. The van der Waals surface area contributed by atoms with Gasteiger partial charge in [-0.25, -0.2) is 0 Å². The summed E-state index contributed by atoms with van der Waals surface area (Å²) in [4.78, 5) is 24.3. The van der Waals surface area contributed by atoms with Gasteiger partial charge in [0.2, 0.25) is 0 Å². The third-order valence-corrected chi connectivity index (χ3v) is 4.22. The number of ether oxygens (including phenoxy) is 1. The molecule has 0 aliphatic heterocycles. The molecule has 0 amide bonds. The molecule has 2 aliphatic carbocycles. The van der Waals surface area contributed by atoms with Gasteiger partial charge in [-0.2, -0.15) is 0 Å². The minimum absolute atomic E-state index is 0.0919. The number of rotatable bonds is 2. The topological polar surface area (TPSA) is 76.0 Å². The van der Waals surface area contributed by atoms with E-state index in [1.54, 1.807) is 13.8 Å². The quantitative estimate of drug-likeness (QED) is 0.351. The van der Waals surface area contributed by atoms with Gasteiger partial charge < -0.3 is 9.94 Å². The van der Waals surface area contributed by atoms with Crippen LogP contribution in [0.3, 0.4) is 0 Å². The van der Waals surface area contributed by atoms with Crippen molar-refractivity contribution in [1.29, 1.82) is 0 Å². The molecule has 0 saturated heterocycles. The van der Waals surface area contributed by atoms with Crippen molar-refractivity contribution in [2.45, 2.75) is 33.1 Å². The molecule has 0 aromatic rings. The predicted molar refractivity (Wildman–Crippen MR) is 64.4 cm³/mol. The number of esters is 1. The fourth-order valence-corrected chi connectivity index (χ4v) is 3.23. The number of hydrogen-bond donors (Lipinski definition) is 1. The van der Waals surface area contributed by atoms with Gasteiger partial charge in [0.05, 0.1) is 18.2 Å². The molecule has 1 N–H and O–H groups in total. The molecule has 2 rings (SSSR count). The molecule has 5 nitrogen and oxygen atoms in total. The predicted octanol–water partition coefficient (Wildman–Crippen LogP) is 1.70. The van der Waals surface area contributed by atoms with Crippen molar-refractivity contribution in [1.82, 2.24) is 0 Å². The van der Waals surface area contributed by atoms with E-state index in [-0.39, 0.29) is 17.7 Å². The molecule has 2 aliphatic rings. The highest BCUT2D eigenvalue weighted by Gasteiger charge is 2.59. The van der Waals surface area contributed by atoms with Crippen LogP contribution < -0.4 is 0 Å². The van der Waals surface area contributed by atoms with Crippen molar-refractivity contribution in [3.63, 3.8) is 0 Å². The number of Topliss-reactive ketones (excluding diaryl/α,β-unsaturated/α-hetero) is 1. The zero-order chi connectivity index (χ0) is 13.5. The summed E-state index contributed by atoms with van der Waals surface area (Å²) >= 11 is 0. The van der Waals surface area contributed by atoms with Gasteiger partial charge in [-0.05, 0) is 33.1 Å². The van der Waals surface area contributed by atoms with E-state index in [0.29, 0.717) is 30.5 Å². The van der Waals surface area contributed by atoms with E-state index in [0.717, 1.165) is 5.57 Å². The summed E-state index contributed by atoms with van der Waals surface area (Å²) in [7, 11) is 1.35. The van der Waals surface area contributed by atoms with Gasteiger partial charge in [0.15, 0.2) is 5.78 Å². The molecule has 0 heterocycles. The van der Waals surface area contributed by atoms with E-state index in [1.165, 1.54) is 7.11 Å². The number of ketones is 1. The van der Waals surface area contributed by atoms with Gasteiger partial charge >= 0.3 is 5.97 Å². The first-order valence-electron chi connectivity index (χ1n) is 5.99. The summed E-state index contributed by atoms with van der Waals surface area (Å²) in [6.07, 6.45) is 1.90. The van der Waals surface area contributed by atoms with Gasteiger partial charge in [-0.15, -0.1) is 0 Å². The average molecular weight is 251 g/mol. The number of oxime groups is 1. The van der Waals surface area contributed by atoms with Gasteiger partial charge in [0, 0.05) is 11.5 Å². The van der Waals surface area contributed by atoms with Crippen LogP contribution in [0.25, 0.3) is 0 Å². The smallest absolute Gasteiger partial charge is 0.312 e. The van der Waals surface area contributed by atoms with Gasteiger partial charge in [-0.1, -0.05) is 10.7 Å². The second-order valence-corrected chi connectivity index (χ2v) is 5.12. The molecule has 5 heteroatoms. The van der Waals surface area contributed by atoms with Crippen molar-refractivity contribution in [3.8, 4) is 0 Å². The molecule has 2 unspecified atom stereocenters. The van der Waals surface area contributed by atoms with E-state index in [4.69, 9.17) is 9.94 Å². The Morgan fingerprint density at radius 3 is 2.67 bits per heavy atom. The molecule has 98 valence electrons. The zero-order valence-electron chi connectivity index (χ0n) is 10.8. The van der Waals surface area contributed by atoms with E-state index >= 15 is 0 Å². The van der Waals surface area contributed by atoms with Crippen molar-refractivity contribution in [3.05, 3.63) is 11.1 Å². The van der Waals surface area contributed by atoms with Crippen LogP contribution >= 0.6 is 0 Å². The summed E-state index contributed by atoms with van der Waals surface area (Å²) < 4.78 is 4.84. The maximum atomic E-state index is 12.4. The number of methoxy groups -OCH3 is 1. The van der Waals surface area contributed by atoms with E-state index in [1.807, 2.05) is 0 Å². The Kier molecular flexibility index (Phi) is 3.00. The maximum absolute atomic E-state index is 12.4. The van der Waals surface area contributed by atoms with Crippen LogP contribution in [-0.4, -0.2) is 29.8 Å². The molecule has 0 radical (unpaired) electrons. The summed E-state index contributed by atoms with van der Waals surface area (Å²) in [5, 5.41) is 11.9. The average Bonchev–Trinajstić information content (AvgIpc) is 2.32. The highest BCUT2D eigenvalue weighted by molar-refractivity contribution is 6.24. The number of fused-ring (bicyclic) bond motifs is 1. The van der Waals surface area contributed by atoms with Crippen LogP contribution in [0.2, 0.25) is 0 Å². The second-order valence-electron chi connectivity index (χ2n) is 5.12. The summed E-state index contributed by atoms with van der Waals surface area (Å²) in [5.74, 6) is -0.713. The lowest BCUT2D eigenvalue weighted by molar-refractivity contribution is -0.169. The zero-order valence-corrected chi connectivity index (χ0v) is 10.8. The molecule has 0 spiro atoms. The first-order chi connectivity index (χ1) is 8.47. The monoisotopic (exact) mass is 251 g/mol. The minimum atomic E-state index is -0.671. The van der Waals surface area contributed by atoms with Crippen LogP contribution in [-0.2, 0) is 14.3 Å². The Labute approximate surface area is 105 Å². The molecule has 1 saturated carbocycles. The third kappa shape index (κ3) is 1.50. The number of hydrogen-bond acceptors (Lipinski definition) is 5. The van der Waals surface area contributed by atoms with Gasteiger partial charge in [0.1, 0.15) is 0 Å². The first kappa shape index (κ1) is 12.8. The van der Waals surface area contributed by atoms with E-state index in [9.17, 15) is 9.59 Å².